The number of unbranched alkanes of at least 4 members (excludes halogenated alkanes) is 17. The molecule has 6 heteroatoms. The van der Waals surface area contributed by atoms with Crippen LogP contribution in [0.1, 0.15) is 174 Å². The molecule has 0 aromatic rings. The number of amides is 1. The van der Waals surface area contributed by atoms with Gasteiger partial charge in [0.2, 0.25) is 5.91 Å². The predicted octanol–water partition coefficient (Wildman–Crippen LogP) is 9.56. The van der Waals surface area contributed by atoms with E-state index in [4.69, 9.17) is 0 Å². The first-order valence-electron chi connectivity index (χ1n) is 19.5. The quantitative estimate of drug-likeness (QED) is 0.0349. The highest BCUT2D eigenvalue weighted by Gasteiger charge is 2.28. The van der Waals surface area contributed by atoms with E-state index in [9.17, 15) is 25.2 Å². The van der Waals surface area contributed by atoms with E-state index in [1.807, 2.05) is 0 Å². The molecule has 6 nitrogen and oxygen atoms in total. The summed E-state index contributed by atoms with van der Waals surface area (Å²) < 4.78 is 0. The Balaban J connectivity index is 3.91. The number of nitrogens with one attached hydrogen (secondary N) is 1. The van der Waals surface area contributed by atoms with Crippen molar-refractivity contribution in [1.82, 2.24) is 5.32 Å². The normalized spacial score (nSPS) is 14.9. The minimum atomic E-state index is -1.29. The van der Waals surface area contributed by atoms with Gasteiger partial charge in [-0.25, -0.2) is 0 Å². The molecule has 0 aliphatic carbocycles. The van der Waals surface area contributed by atoms with Crippen molar-refractivity contribution in [1.29, 1.82) is 0 Å². The Kier molecular flexibility index (Phi) is 34.3. The van der Waals surface area contributed by atoms with Crippen LogP contribution < -0.4 is 5.32 Å². The van der Waals surface area contributed by atoms with Gasteiger partial charge in [-0.15, -0.1) is 0 Å². The van der Waals surface area contributed by atoms with Gasteiger partial charge in [0.25, 0.3) is 0 Å². The summed E-state index contributed by atoms with van der Waals surface area (Å²) in [7, 11) is 0. The van der Waals surface area contributed by atoms with Gasteiger partial charge < -0.3 is 25.7 Å². The van der Waals surface area contributed by atoms with E-state index < -0.39 is 36.9 Å². The first-order chi connectivity index (χ1) is 23.0. The van der Waals surface area contributed by atoms with E-state index in [1.165, 1.54) is 77.0 Å². The molecule has 0 saturated carbocycles. The van der Waals surface area contributed by atoms with Crippen LogP contribution in [0, 0.1) is 0 Å². The Morgan fingerprint density at radius 3 is 1.34 bits per heavy atom. The molecular weight excluding hydrogens is 586 g/mol. The maximum atomic E-state index is 12.4. The van der Waals surface area contributed by atoms with Crippen molar-refractivity contribution < 1.29 is 25.2 Å². The molecule has 0 radical (unpaired) electrons. The zero-order valence-corrected chi connectivity index (χ0v) is 30.5. The number of aliphatic hydroxyl groups excluding tert-OH is 4. The van der Waals surface area contributed by atoms with Crippen molar-refractivity contribution in [3.05, 3.63) is 48.6 Å². The van der Waals surface area contributed by atoms with Crippen molar-refractivity contribution in [2.45, 2.75) is 199 Å². The Morgan fingerprint density at radius 1 is 0.511 bits per heavy atom. The summed E-state index contributed by atoms with van der Waals surface area (Å²) in [5.41, 5.74) is 0. The topological polar surface area (TPSA) is 110 Å². The van der Waals surface area contributed by atoms with E-state index in [-0.39, 0.29) is 0 Å². The molecule has 1 amide bonds. The molecule has 0 aliphatic heterocycles. The van der Waals surface area contributed by atoms with Gasteiger partial charge in [0, 0.05) is 0 Å². The fourth-order valence-corrected chi connectivity index (χ4v) is 5.55. The number of aliphatic hydroxyl groups is 4. The lowest BCUT2D eigenvalue weighted by Gasteiger charge is -2.27. The number of hydrogen-bond acceptors (Lipinski definition) is 5. The third kappa shape index (κ3) is 30.1. The lowest BCUT2D eigenvalue weighted by Crippen LogP contribution is -2.53. The van der Waals surface area contributed by atoms with Gasteiger partial charge in [-0.1, -0.05) is 133 Å². The lowest BCUT2D eigenvalue weighted by molar-refractivity contribution is -0.132. The maximum Gasteiger partial charge on any atom is 0.249 e. The Hall–Kier alpha value is -1.73. The van der Waals surface area contributed by atoms with Crippen molar-refractivity contribution >= 4 is 5.91 Å². The molecule has 0 heterocycles. The molecular formula is C41H75NO5. The van der Waals surface area contributed by atoms with Gasteiger partial charge in [-0.2, -0.15) is 0 Å². The summed E-state index contributed by atoms with van der Waals surface area (Å²) in [5.74, 6) is -0.608. The second kappa shape index (κ2) is 35.6. The minimum Gasteiger partial charge on any atom is -0.394 e. The molecule has 0 rings (SSSR count). The molecule has 5 N–H and O–H groups in total. The van der Waals surface area contributed by atoms with Gasteiger partial charge in [0.05, 0.1) is 18.8 Å². The minimum absolute atomic E-state index is 0.349. The highest BCUT2D eigenvalue weighted by Crippen LogP contribution is 2.13. The largest absolute Gasteiger partial charge is 0.394 e. The predicted molar refractivity (Wildman–Crippen MR) is 200 cm³/mol. The third-order valence-corrected chi connectivity index (χ3v) is 8.72. The van der Waals surface area contributed by atoms with E-state index >= 15 is 0 Å². The molecule has 0 bridgehead atoms. The second-order valence-electron chi connectivity index (χ2n) is 13.2. The number of carbonyl (C=O) groups is 1. The first kappa shape index (κ1) is 45.3. The zero-order chi connectivity index (χ0) is 34.6. The van der Waals surface area contributed by atoms with E-state index in [0.29, 0.717) is 19.3 Å². The first-order valence-corrected chi connectivity index (χ1v) is 19.5. The van der Waals surface area contributed by atoms with Gasteiger partial charge in [-0.05, 0) is 89.9 Å². The number of hydrogen-bond donors (Lipinski definition) is 5. The molecule has 274 valence electrons. The second-order valence-corrected chi connectivity index (χ2v) is 13.2. The molecule has 0 aliphatic rings. The number of carbonyl (C=O) groups excluding carboxylic acids is 1. The van der Waals surface area contributed by atoms with Crippen LogP contribution >= 0.6 is 0 Å². The molecule has 4 atom stereocenters. The number of rotatable bonds is 34. The fraction of sp³-hybridized carbons (Fsp3) is 0.780. The molecule has 0 spiro atoms. The molecule has 0 fully saturated rings. The molecule has 0 saturated heterocycles. The van der Waals surface area contributed by atoms with E-state index in [0.717, 1.165) is 64.2 Å². The maximum absolute atomic E-state index is 12.4. The molecule has 47 heavy (non-hydrogen) atoms. The average molecular weight is 662 g/mol. The SMILES string of the molecule is CCCCCC/C=C\CCCCCCCCC(O)C(=O)NC(CO)C(O)C(O)CCC/C=C/CC/C=C/CC/C=C/CCCCCC. The summed E-state index contributed by atoms with van der Waals surface area (Å²) >= 11 is 0. The van der Waals surface area contributed by atoms with Gasteiger partial charge in [0.1, 0.15) is 12.2 Å². The van der Waals surface area contributed by atoms with Crippen LogP contribution in [0.3, 0.4) is 0 Å². The van der Waals surface area contributed by atoms with Crippen LogP contribution in [0.2, 0.25) is 0 Å². The summed E-state index contributed by atoms with van der Waals surface area (Å²) in [6.07, 6.45) is 41.3. The van der Waals surface area contributed by atoms with Crippen molar-refractivity contribution in [2.24, 2.45) is 0 Å². The van der Waals surface area contributed by atoms with Crippen molar-refractivity contribution in [3.8, 4) is 0 Å². The Labute approximate surface area is 289 Å². The van der Waals surface area contributed by atoms with Crippen LogP contribution in [0.5, 0.6) is 0 Å². The highest BCUT2D eigenvalue weighted by atomic mass is 16.3. The number of allylic oxidation sites excluding steroid dienone is 8. The zero-order valence-electron chi connectivity index (χ0n) is 30.5. The van der Waals surface area contributed by atoms with Crippen LogP contribution in [-0.4, -0.2) is 57.3 Å². The average Bonchev–Trinajstić information content (AvgIpc) is 3.07. The van der Waals surface area contributed by atoms with Crippen LogP contribution in [0.25, 0.3) is 0 Å². The van der Waals surface area contributed by atoms with Crippen LogP contribution in [0.15, 0.2) is 48.6 Å². The lowest BCUT2D eigenvalue weighted by atomic mass is 10.00. The van der Waals surface area contributed by atoms with Crippen molar-refractivity contribution in [3.63, 3.8) is 0 Å². The molecule has 0 aromatic carbocycles. The van der Waals surface area contributed by atoms with Crippen LogP contribution in [0.4, 0.5) is 0 Å². The van der Waals surface area contributed by atoms with Crippen molar-refractivity contribution in [2.75, 3.05) is 6.61 Å². The third-order valence-electron chi connectivity index (χ3n) is 8.72. The summed E-state index contributed by atoms with van der Waals surface area (Å²) in [4.78, 5) is 12.4. The fourth-order valence-electron chi connectivity index (χ4n) is 5.55. The van der Waals surface area contributed by atoms with E-state index in [2.05, 4.69) is 67.8 Å². The molecule has 4 unspecified atom stereocenters. The van der Waals surface area contributed by atoms with Gasteiger partial charge in [0.15, 0.2) is 0 Å². The van der Waals surface area contributed by atoms with Gasteiger partial charge >= 0.3 is 0 Å². The summed E-state index contributed by atoms with van der Waals surface area (Å²) in [6.45, 7) is 3.97. The molecule has 0 aromatic heterocycles. The van der Waals surface area contributed by atoms with E-state index in [1.54, 1.807) is 0 Å². The summed E-state index contributed by atoms with van der Waals surface area (Å²) in [5, 5.41) is 43.5. The monoisotopic (exact) mass is 662 g/mol. The Morgan fingerprint density at radius 2 is 0.894 bits per heavy atom. The Bertz CT molecular complexity index is 793. The smallest absolute Gasteiger partial charge is 0.249 e. The van der Waals surface area contributed by atoms with Crippen LogP contribution in [-0.2, 0) is 4.79 Å². The standard InChI is InChI=1S/C41H75NO5/c1-3-5-7-9-11-13-15-17-19-20-21-23-24-26-28-30-32-34-38(44)40(46)37(36-43)42-41(47)39(45)35-33-31-29-27-25-22-18-16-14-12-10-8-6-4-2/h13-16,20-21,26,28,37-40,43-46H,3-12,17-19,22-25,27,29-36H2,1-2H3,(H,42,47)/b15-13+,16-14-,21-20+,28-26+. The van der Waals surface area contributed by atoms with Gasteiger partial charge in [-0.3, -0.25) is 4.79 Å². The summed E-state index contributed by atoms with van der Waals surface area (Å²) in [6, 6.07) is -1.01. The highest BCUT2D eigenvalue weighted by molar-refractivity contribution is 5.80.